The SMILES string of the molecule is COc1ccc(C(C)C(=O)Nc2ccc(C)cc2)cc1. The van der Waals surface area contributed by atoms with E-state index >= 15 is 0 Å². The molecule has 104 valence electrons. The summed E-state index contributed by atoms with van der Waals surface area (Å²) in [6.45, 7) is 3.91. The highest BCUT2D eigenvalue weighted by atomic mass is 16.5. The second-order valence-electron chi connectivity index (χ2n) is 4.85. The first-order valence-electron chi connectivity index (χ1n) is 6.61. The molecule has 0 aromatic heterocycles. The van der Waals surface area contributed by atoms with Gasteiger partial charge in [-0.1, -0.05) is 29.8 Å². The number of methoxy groups -OCH3 is 1. The molecule has 3 heteroatoms. The normalized spacial score (nSPS) is 11.8. The summed E-state index contributed by atoms with van der Waals surface area (Å²) >= 11 is 0. The van der Waals surface area contributed by atoms with Crippen LogP contribution >= 0.6 is 0 Å². The fraction of sp³-hybridized carbons (Fsp3) is 0.235. The average Bonchev–Trinajstić information content (AvgIpc) is 2.49. The third-order valence-corrected chi connectivity index (χ3v) is 3.33. The number of rotatable bonds is 4. The van der Waals surface area contributed by atoms with Crippen LogP contribution in [-0.4, -0.2) is 13.0 Å². The Morgan fingerprint density at radius 3 is 2.20 bits per heavy atom. The lowest BCUT2D eigenvalue weighted by Crippen LogP contribution is -2.18. The first-order chi connectivity index (χ1) is 9.60. The molecule has 1 N–H and O–H groups in total. The molecule has 0 aliphatic heterocycles. The van der Waals surface area contributed by atoms with Crippen molar-refractivity contribution in [1.82, 2.24) is 0 Å². The van der Waals surface area contributed by atoms with Gasteiger partial charge in [0, 0.05) is 5.69 Å². The van der Waals surface area contributed by atoms with Crippen LogP contribution in [0.1, 0.15) is 24.0 Å². The summed E-state index contributed by atoms with van der Waals surface area (Å²) in [6.07, 6.45) is 0. The Morgan fingerprint density at radius 1 is 1.05 bits per heavy atom. The number of amides is 1. The number of hydrogen-bond donors (Lipinski definition) is 1. The molecule has 0 spiro atoms. The van der Waals surface area contributed by atoms with Crippen LogP contribution in [0.4, 0.5) is 5.69 Å². The van der Waals surface area contributed by atoms with Gasteiger partial charge in [0.15, 0.2) is 0 Å². The summed E-state index contributed by atoms with van der Waals surface area (Å²) in [5.41, 5.74) is 2.96. The number of carbonyl (C=O) groups excluding carboxylic acids is 1. The smallest absolute Gasteiger partial charge is 0.231 e. The minimum absolute atomic E-state index is 0.0148. The number of hydrogen-bond acceptors (Lipinski definition) is 2. The molecule has 0 bridgehead atoms. The Kier molecular flexibility index (Phi) is 4.41. The standard InChI is InChI=1S/C17H19NO2/c1-12-4-8-15(9-5-12)18-17(19)13(2)14-6-10-16(20-3)11-7-14/h4-11,13H,1-3H3,(H,18,19). The Bertz CT molecular complexity index is 573. The van der Waals surface area contributed by atoms with Crippen LogP contribution in [0.5, 0.6) is 5.75 Å². The van der Waals surface area contributed by atoms with Crippen LogP contribution < -0.4 is 10.1 Å². The van der Waals surface area contributed by atoms with Gasteiger partial charge in [0.2, 0.25) is 5.91 Å². The van der Waals surface area contributed by atoms with Gasteiger partial charge in [-0.05, 0) is 43.7 Å². The zero-order valence-corrected chi connectivity index (χ0v) is 12.0. The predicted octanol–water partition coefficient (Wildman–Crippen LogP) is 3.75. The molecule has 2 rings (SSSR count). The molecule has 20 heavy (non-hydrogen) atoms. The lowest BCUT2D eigenvalue weighted by Gasteiger charge is -2.13. The molecule has 2 aromatic carbocycles. The maximum absolute atomic E-state index is 12.2. The fourth-order valence-corrected chi connectivity index (χ4v) is 1.93. The van der Waals surface area contributed by atoms with Gasteiger partial charge >= 0.3 is 0 Å². The minimum atomic E-state index is -0.206. The van der Waals surface area contributed by atoms with Crippen molar-refractivity contribution in [3.63, 3.8) is 0 Å². The van der Waals surface area contributed by atoms with Crippen molar-refractivity contribution in [3.05, 3.63) is 59.7 Å². The Balaban J connectivity index is 2.05. The predicted molar refractivity (Wildman–Crippen MR) is 81.2 cm³/mol. The van der Waals surface area contributed by atoms with E-state index in [-0.39, 0.29) is 11.8 Å². The minimum Gasteiger partial charge on any atom is -0.497 e. The van der Waals surface area contributed by atoms with Crippen LogP contribution in [-0.2, 0) is 4.79 Å². The summed E-state index contributed by atoms with van der Waals surface area (Å²) < 4.78 is 5.12. The molecular formula is C17H19NO2. The molecule has 0 heterocycles. The maximum atomic E-state index is 12.2. The number of carbonyl (C=O) groups is 1. The Morgan fingerprint density at radius 2 is 1.65 bits per heavy atom. The van der Waals surface area contributed by atoms with Crippen LogP contribution in [0.15, 0.2) is 48.5 Å². The second kappa shape index (κ2) is 6.24. The third kappa shape index (κ3) is 3.38. The topological polar surface area (TPSA) is 38.3 Å². The lowest BCUT2D eigenvalue weighted by atomic mass is 10.00. The van der Waals surface area contributed by atoms with Gasteiger partial charge in [0.05, 0.1) is 13.0 Å². The van der Waals surface area contributed by atoms with Gasteiger partial charge in [-0.25, -0.2) is 0 Å². The molecular weight excluding hydrogens is 250 g/mol. The number of benzene rings is 2. The molecule has 1 atom stereocenters. The van der Waals surface area contributed by atoms with Crippen molar-refractivity contribution in [2.45, 2.75) is 19.8 Å². The van der Waals surface area contributed by atoms with Gasteiger partial charge < -0.3 is 10.1 Å². The molecule has 1 unspecified atom stereocenters. The first kappa shape index (κ1) is 14.1. The summed E-state index contributed by atoms with van der Waals surface area (Å²) in [4.78, 5) is 12.2. The van der Waals surface area contributed by atoms with E-state index in [2.05, 4.69) is 5.32 Å². The maximum Gasteiger partial charge on any atom is 0.231 e. The molecule has 0 saturated carbocycles. The van der Waals surface area contributed by atoms with Gasteiger partial charge in [0.25, 0.3) is 0 Å². The van der Waals surface area contributed by atoms with Gasteiger partial charge in [-0.3, -0.25) is 4.79 Å². The molecule has 0 aliphatic rings. The van der Waals surface area contributed by atoms with E-state index in [9.17, 15) is 4.79 Å². The van der Waals surface area contributed by atoms with Gasteiger partial charge in [-0.15, -0.1) is 0 Å². The van der Waals surface area contributed by atoms with Crippen LogP contribution in [0.2, 0.25) is 0 Å². The second-order valence-corrected chi connectivity index (χ2v) is 4.85. The van der Waals surface area contributed by atoms with Crippen molar-refractivity contribution >= 4 is 11.6 Å². The third-order valence-electron chi connectivity index (χ3n) is 3.33. The highest BCUT2D eigenvalue weighted by Gasteiger charge is 2.15. The van der Waals surface area contributed by atoms with E-state index in [1.165, 1.54) is 5.56 Å². The molecule has 2 aromatic rings. The summed E-state index contributed by atoms with van der Waals surface area (Å²) in [6, 6.07) is 15.3. The van der Waals surface area contributed by atoms with E-state index in [4.69, 9.17) is 4.74 Å². The highest BCUT2D eigenvalue weighted by molar-refractivity contribution is 5.95. The van der Waals surface area contributed by atoms with E-state index < -0.39 is 0 Å². The number of aryl methyl sites for hydroxylation is 1. The van der Waals surface area contributed by atoms with Crippen LogP contribution in [0.3, 0.4) is 0 Å². The van der Waals surface area contributed by atoms with E-state index in [1.54, 1.807) is 7.11 Å². The average molecular weight is 269 g/mol. The molecule has 0 radical (unpaired) electrons. The summed E-state index contributed by atoms with van der Waals surface area (Å²) in [7, 11) is 1.63. The zero-order valence-electron chi connectivity index (χ0n) is 12.0. The largest absolute Gasteiger partial charge is 0.497 e. The van der Waals surface area contributed by atoms with Crippen molar-refractivity contribution in [2.75, 3.05) is 12.4 Å². The first-order valence-corrected chi connectivity index (χ1v) is 6.61. The van der Waals surface area contributed by atoms with Crippen LogP contribution in [0, 0.1) is 6.92 Å². The van der Waals surface area contributed by atoms with Crippen molar-refractivity contribution < 1.29 is 9.53 Å². The van der Waals surface area contributed by atoms with Gasteiger partial charge in [0.1, 0.15) is 5.75 Å². The zero-order chi connectivity index (χ0) is 14.5. The number of nitrogens with one attached hydrogen (secondary N) is 1. The van der Waals surface area contributed by atoms with E-state index in [0.717, 1.165) is 17.0 Å². The Labute approximate surface area is 119 Å². The van der Waals surface area contributed by atoms with Crippen LogP contribution in [0.25, 0.3) is 0 Å². The lowest BCUT2D eigenvalue weighted by molar-refractivity contribution is -0.117. The fourth-order valence-electron chi connectivity index (χ4n) is 1.93. The van der Waals surface area contributed by atoms with Crippen molar-refractivity contribution in [3.8, 4) is 5.75 Å². The molecule has 1 amide bonds. The molecule has 0 fully saturated rings. The Hall–Kier alpha value is -2.29. The quantitative estimate of drug-likeness (QED) is 0.918. The number of ether oxygens (including phenoxy) is 1. The summed E-state index contributed by atoms with van der Waals surface area (Å²) in [5, 5.41) is 2.93. The number of anilines is 1. The molecule has 0 saturated heterocycles. The van der Waals surface area contributed by atoms with Crippen molar-refractivity contribution in [1.29, 1.82) is 0 Å². The van der Waals surface area contributed by atoms with E-state index in [0.29, 0.717) is 0 Å². The molecule has 3 nitrogen and oxygen atoms in total. The summed E-state index contributed by atoms with van der Waals surface area (Å²) in [5.74, 6) is 0.570. The highest BCUT2D eigenvalue weighted by Crippen LogP contribution is 2.21. The van der Waals surface area contributed by atoms with Gasteiger partial charge in [-0.2, -0.15) is 0 Å². The van der Waals surface area contributed by atoms with E-state index in [1.807, 2.05) is 62.4 Å². The van der Waals surface area contributed by atoms with Crippen molar-refractivity contribution in [2.24, 2.45) is 0 Å². The monoisotopic (exact) mass is 269 g/mol. The molecule has 0 aliphatic carbocycles.